The number of aromatic nitrogens is 2. The summed E-state index contributed by atoms with van der Waals surface area (Å²) in [4.78, 5) is 35.6. The first-order valence-corrected chi connectivity index (χ1v) is 9.95. The molecule has 2 heterocycles. The Morgan fingerprint density at radius 3 is 2.43 bits per heavy atom. The molecule has 1 aromatic carbocycles. The number of ether oxygens (including phenoxy) is 2. The number of hydrogen-bond acceptors (Lipinski definition) is 7. The molecule has 1 saturated carbocycles. The summed E-state index contributed by atoms with van der Waals surface area (Å²) in [5.41, 5.74) is 1.47. The molecule has 4 rings (SSSR count). The Labute approximate surface area is 174 Å². The third-order valence-corrected chi connectivity index (χ3v) is 5.49. The molecule has 1 aliphatic carbocycles. The molecule has 30 heavy (non-hydrogen) atoms. The van der Waals surface area contributed by atoms with Crippen molar-refractivity contribution in [1.82, 2.24) is 15.3 Å². The number of nitrogens with zero attached hydrogens (tertiary/aromatic N) is 3. The molecular formula is C21H25N5O4. The van der Waals surface area contributed by atoms with Crippen LogP contribution in [0.1, 0.15) is 18.5 Å². The zero-order valence-corrected chi connectivity index (χ0v) is 17.1. The average Bonchev–Trinajstić information content (AvgIpc) is 3.61. The number of anilines is 2. The molecule has 2 N–H and O–H groups in total. The van der Waals surface area contributed by atoms with E-state index in [0.717, 1.165) is 24.5 Å². The second-order valence-corrected chi connectivity index (χ2v) is 7.39. The van der Waals surface area contributed by atoms with Crippen LogP contribution in [0.5, 0.6) is 0 Å². The smallest absolute Gasteiger partial charge is 0.318 e. The fourth-order valence-corrected chi connectivity index (χ4v) is 3.54. The SMILES string of the molecule is CNC(=O)Nc1ccc(-c2nc(N3CCOCC3)cc(C3(C(=O)OC)CC3)n2)cc1. The second kappa shape index (κ2) is 8.27. The van der Waals surface area contributed by atoms with Crippen LogP contribution >= 0.6 is 0 Å². The van der Waals surface area contributed by atoms with Gasteiger partial charge >= 0.3 is 12.0 Å². The molecule has 2 aromatic rings. The van der Waals surface area contributed by atoms with Crippen LogP contribution in [0.2, 0.25) is 0 Å². The molecule has 0 unspecified atom stereocenters. The van der Waals surface area contributed by atoms with E-state index in [1.54, 1.807) is 19.2 Å². The number of esters is 1. The first kappa shape index (κ1) is 20.1. The normalized spacial score (nSPS) is 17.2. The Morgan fingerprint density at radius 2 is 1.83 bits per heavy atom. The van der Waals surface area contributed by atoms with Crippen molar-refractivity contribution >= 4 is 23.5 Å². The van der Waals surface area contributed by atoms with Crippen molar-refractivity contribution in [3.8, 4) is 11.4 Å². The fourth-order valence-electron chi connectivity index (χ4n) is 3.54. The number of carbonyl (C=O) groups is 2. The summed E-state index contributed by atoms with van der Waals surface area (Å²) in [5.74, 6) is 1.06. The van der Waals surface area contributed by atoms with Crippen molar-refractivity contribution in [3.63, 3.8) is 0 Å². The lowest BCUT2D eigenvalue weighted by Crippen LogP contribution is -2.37. The predicted molar refractivity (Wildman–Crippen MR) is 112 cm³/mol. The summed E-state index contributed by atoms with van der Waals surface area (Å²) in [6.45, 7) is 2.74. The molecule has 0 bridgehead atoms. The van der Waals surface area contributed by atoms with E-state index in [4.69, 9.17) is 19.4 Å². The van der Waals surface area contributed by atoms with Crippen molar-refractivity contribution in [2.45, 2.75) is 18.3 Å². The summed E-state index contributed by atoms with van der Waals surface area (Å²) >= 11 is 0. The molecule has 0 atom stereocenters. The molecule has 2 aliphatic rings. The van der Waals surface area contributed by atoms with Gasteiger partial charge in [-0.3, -0.25) is 4.79 Å². The number of hydrogen-bond donors (Lipinski definition) is 2. The van der Waals surface area contributed by atoms with Gasteiger partial charge in [-0.25, -0.2) is 14.8 Å². The first-order valence-electron chi connectivity index (χ1n) is 9.95. The van der Waals surface area contributed by atoms with Crippen molar-refractivity contribution in [3.05, 3.63) is 36.0 Å². The number of rotatable bonds is 5. The number of methoxy groups -OCH3 is 1. The molecule has 1 saturated heterocycles. The minimum atomic E-state index is -0.686. The molecule has 9 heteroatoms. The maximum atomic E-state index is 12.4. The van der Waals surface area contributed by atoms with Gasteiger partial charge in [-0.1, -0.05) is 0 Å². The zero-order chi connectivity index (χ0) is 21.1. The molecule has 158 valence electrons. The van der Waals surface area contributed by atoms with E-state index in [0.29, 0.717) is 43.3 Å². The molecule has 1 aliphatic heterocycles. The van der Waals surface area contributed by atoms with Crippen LogP contribution in [0.4, 0.5) is 16.3 Å². The maximum Gasteiger partial charge on any atom is 0.318 e. The van der Waals surface area contributed by atoms with Crippen LogP contribution < -0.4 is 15.5 Å². The van der Waals surface area contributed by atoms with Gasteiger partial charge in [0.15, 0.2) is 5.82 Å². The maximum absolute atomic E-state index is 12.4. The molecule has 0 spiro atoms. The van der Waals surface area contributed by atoms with Gasteiger partial charge in [-0.2, -0.15) is 0 Å². The third kappa shape index (κ3) is 3.93. The quantitative estimate of drug-likeness (QED) is 0.724. The average molecular weight is 411 g/mol. The van der Waals surface area contributed by atoms with E-state index in [9.17, 15) is 9.59 Å². The van der Waals surface area contributed by atoms with E-state index in [1.807, 2.05) is 18.2 Å². The summed E-state index contributed by atoms with van der Waals surface area (Å²) in [6.07, 6.45) is 1.43. The second-order valence-electron chi connectivity index (χ2n) is 7.39. The summed E-state index contributed by atoms with van der Waals surface area (Å²) in [5, 5.41) is 5.24. The first-order chi connectivity index (χ1) is 14.6. The number of nitrogens with one attached hydrogen (secondary N) is 2. The van der Waals surface area contributed by atoms with Gasteiger partial charge in [-0.05, 0) is 37.1 Å². The number of carbonyl (C=O) groups excluding carboxylic acids is 2. The highest BCUT2D eigenvalue weighted by molar-refractivity contribution is 5.89. The van der Waals surface area contributed by atoms with Gasteiger partial charge in [0.25, 0.3) is 0 Å². The summed E-state index contributed by atoms with van der Waals surface area (Å²) < 4.78 is 10.5. The van der Waals surface area contributed by atoms with Crippen molar-refractivity contribution < 1.29 is 19.1 Å². The number of amides is 2. The van der Waals surface area contributed by atoms with Gasteiger partial charge in [0, 0.05) is 37.5 Å². The highest BCUT2D eigenvalue weighted by Gasteiger charge is 2.54. The van der Waals surface area contributed by atoms with E-state index in [1.165, 1.54) is 7.11 Å². The summed E-state index contributed by atoms with van der Waals surface area (Å²) in [6, 6.07) is 8.91. The molecular weight excluding hydrogens is 386 g/mol. The Hall–Kier alpha value is -3.20. The number of urea groups is 1. The van der Waals surface area contributed by atoms with Gasteiger partial charge in [0.1, 0.15) is 11.2 Å². The largest absolute Gasteiger partial charge is 0.468 e. The molecule has 2 fully saturated rings. The van der Waals surface area contributed by atoms with Crippen LogP contribution in [0.15, 0.2) is 30.3 Å². The van der Waals surface area contributed by atoms with Crippen LogP contribution in [0.25, 0.3) is 11.4 Å². The predicted octanol–water partition coefficient (Wildman–Crippen LogP) is 1.94. The summed E-state index contributed by atoms with van der Waals surface area (Å²) in [7, 11) is 2.97. The standard InChI is InChI=1S/C21H25N5O4/c1-22-20(28)23-15-5-3-14(4-6-15)18-24-16(21(7-8-21)19(27)29-2)13-17(25-18)26-9-11-30-12-10-26/h3-6,13H,7-12H2,1-2H3,(H2,22,23,28). The van der Waals surface area contributed by atoms with Gasteiger partial charge < -0.3 is 25.0 Å². The Kier molecular flexibility index (Phi) is 5.54. The van der Waals surface area contributed by atoms with Gasteiger partial charge in [-0.15, -0.1) is 0 Å². The highest BCUT2D eigenvalue weighted by atomic mass is 16.5. The van der Waals surface area contributed by atoms with Crippen molar-refractivity contribution in [2.75, 3.05) is 50.7 Å². The van der Waals surface area contributed by atoms with E-state index in [2.05, 4.69) is 15.5 Å². The monoisotopic (exact) mass is 411 g/mol. The lowest BCUT2D eigenvalue weighted by atomic mass is 10.0. The number of morpholine rings is 1. The number of benzene rings is 1. The van der Waals surface area contributed by atoms with Crippen LogP contribution in [-0.2, 0) is 19.7 Å². The van der Waals surface area contributed by atoms with Gasteiger partial charge in [0.05, 0.1) is 26.0 Å². The lowest BCUT2D eigenvalue weighted by molar-refractivity contribution is -0.143. The van der Waals surface area contributed by atoms with Crippen LogP contribution in [0, 0.1) is 0 Å². The van der Waals surface area contributed by atoms with Crippen molar-refractivity contribution in [2.24, 2.45) is 0 Å². The van der Waals surface area contributed by atoms with Crippen LogP contribution in [0.3, 0.4) is 0 Å². The molecule has 2 amide bonds. The van der Waals surface area contributed by atoms with Crippen LogP contribution in [-0.4, -0.2) is 62.4 Å². The van der Waals surface area contributed by atoms with Gasteiger partial charge in [0.2, 0.25) is 0 Å². The Bertz CT molecular complexity index is 937. The molecule has 9 nitrogen and oxygen atoms in total. The Balaban J connectivity index is 1.70. The highest BCUT2D eigenvalue weighted by Crippen LogP contribution is 2.49. The van der Waals surface area contributed by atoms with E-state index >= 15 is 0 Å². The third-order valence-electron chi connectivity index (χ3n) is 5.49. The topological polar surface area (TPSA) is 106 Å². The minimum Gasteiger partial charge on any atom is -0.468 e. The minimum absolute atomic E-state index is 0.259. The molecule has 1 aromatic heterocycles. The fraction of sp³-hybridized carbons (Fsp3) is 0.429. The Morgan fingerprint density at radius 1 is 1.13 bits per heavy atom. The van der Waals surface area contributed by atoms with Crippen molar-refractivity contribution in [1.29, 1.82) is 0 Å². The van der Waals surface area contributed by atoms with E-state index < -0.39 is 5.41 Å². The lowest BCUT2D eigenvalue weighted by Gasteiger charge is -2.28. The zero-order valence-electron chi connectivity index (χ0n) is 17.1. The molecule has 0 radical (unpaired) electrons. The van der Waals surface area contributed by atoms with E-state index in [-0.39, 0.29) is 12.0 Å².